The van der Waals surface area contributed by atoms with Crippen LogP contribution >= 0.6 is 23.8 Å². The van der Waals surface area contributed by atoms with Gasteiger partial charge < -0.3 is 33.9 Å². The Morgan fingerprint density at radius 2 is 2.09 bits per heavy atom. The number of benzene rings is 1. The van der Waals surface area contributed by atoms with Crippen molar-refractivity contribution in [1.82, 2.24) is 10.2 Å². The monoisotopic (exact) mass is 488 g/mol. The van der Waals surface area contributed by atoms with Crippen molar-refractivity contribution < 1.29 is 33.3 Å². The maximum Gasteiger partial charge on any atom is 0.335 e. The Morgan fingerprint density at radius 3 is 2.72 bits per heavy atom. The summed E-state index contributed by atoms with van der Waals surface area (Å²) in [6, 6.07) is 5.18. The van der Waals surface area contributed by atoms with Crippen molar-refractivity contribution in [2.45, 2.75) is 44.9 Å². The minimum absolute atomic E-state index is 0.193. The Kier molecular flexibility index (Phi) is 10.4. The van der Waals surface area contributed by atoms with E-state index < -0.39 is 30.4 Å². The maximum atomic E-state index is 11.9. The molecule has 1 heterocycles. The number of hydrogen-bond acceptors (Lipinski definition) is 9. The standard InChI is InChI=1S/C21H29ClN2O7S/c1-13(25)29-15-10-18(20(26)27-4)31-19(11-15)30-17-6-5-14(9-16(17)22)12-28-21(32)24(3)8-7-23-2/h5-6,9,15,18-19,23H,7-8,10-12H2,1-4H3. The Balaban J connectivity index is 1.98. The summed E-state index contributed by atoms with van der Waals surface area (Å²) in [6.45, 7) is 3.07. The van der Waals surface area contributed by atoms with Gasteiger partial charge in [-0.25, -0.2) is 4.79 Å². The average Bonchev–Trinajstić information content (AvgIpc) is 2.76. The van der Waals surface area contributed by atoms with E-state index in [4.69, 9.17) is 47.5 Å². The van der Waals surface area contributed by atoms with Gasteiger partial charge in [0.1, 0.15) is 18.5 Å². The van der Waals surface area contributed by atoms with Crippen molar-refractivity contribution in [1.29, 1.82) is 0 Å². The van der Waals surface area contributed by atoms with Gasteiger partial charge in [-0.1, -0.05) is 17.7 Å². The summed E-state index contributed by atoms with van der Waals surface area (Å²) in [4.78, 5) is 25.1. The van der Waals surface area contributed by atoms with E-state index in [9.17, 15) is 9.59 Å². The van der Waals surface area contributed by atoms with E-state index in [1.807, 2.05) is 19.0 Å². The Morgan fingerprint density at radius 1 is 1.34 bits per heavy atom. The first-order valence-electron chi connectivity index (χ1n) is 10.1. The zero-order chi connectivity index (χ0) is 23.7. The molecule has 11 heteroatoms. The van der Waals surface area contributed by atoms with E-state index in [1.165, 1.54) is 14.0 Å². The minimum atomic E-state index is -0.907. The second-order valence-corrected chi connectivity index (χ2v) is 8.00. The first kappa shape index (κ1) is 26.1. The molecular weight excluding hydrogens is 460 g/mol. The van der Waals surface area contributed by atoms with Gasteiger partial charge in [0.05, 0.1) is 12.1 Å². The van der Waals surface area contributed by atoms with Gasteiger partial charge in [0.2, 0.25) is 6.29 Å². The van der Waals surface area contributed by atoms with Crippen molar-refractivity contribution >= 4 is 40.9 Å². The fourth-order valence-corrected chi connectivity index (χ4v) is 3.43. The first-order chi connectivity index (χ1) is 15.2. The number of hydrogen-bond donors (Lipinski definition) is 1. The maximum absolute atomic E-state index is 11.9. The summed E-state index contributed by atoms with van der Waals surface area (Å²) in [6.07, 6.45) is -1.84. The number of nitrogens with zero attached hydrogens (tertiary/aromatic N) is 1. The number of rotatable bonds is 9. The van der Waals surface area contributed by atoms with Crippen LogP contribution in [0.25, 0.3) is 0 Å². The van der Waals surface area contributed by atoms with Crippen molar-refractivity contribution in [3.63, 3.8) is 0 Å². The molecule has 9 nitrogen and oxygen atoms in total. The molecular formula is C21H29ClN2O7S. The number of nitrogens with one attached hydrogen (secondary N) is 1. The van der Waals surface area contributed by atoms with E-state index in [0.717, 1.165) is 18.7 Å². The predicted octanol–water partition coefficient (Wildman–Crippen LogP) is 2.28. The molecule has 0 spiro atoms. The quantitative estimate of drug-likeness (QED) is 0.412. The van der Waals surface area contributed by atoms with Gasteiger partial charge in [0.25, 0.3) is 5.17 Å². The Labute approximate surface area is 198 Å². The fraction of sp³-hybridized carbons (Fsp3) is 0.571. The van der Waals surface area contributed by atoms with Gasteiger partial charge >= 0.3 is 11.9 Å². The number of carbonyl (C=O) groups excluding carboxylic acids is 2. The number of carbonyl (C=O) groups is 2. The SMILES string of the molecule is CNCCN(C)C(=S)OCc1ccc(OC2CC(OC(C)=O)CC(C(=O)OC)O2)c(Cl)c1. The molecule has 0 amide bonds. The molecule has 0 aliphatic carbocycles. The number of likely N-dealkylation sites (N-methyl/N-ethyl adjacent to an activating group) is 2. The van der Waals surface area contributed by atoms with Gasteiger partial charge in [-0.2, -0.15) is 0 Å². The fourth-order valence-electron chi connectivity index (χ4n) is 3.03. The molecule has 2 rings (SSSR count). The van der Waals surface area contributed by atoms with Gasteiger partial charge in [-0.3, -0.25) is 4.79 Å². The van der Waals surface area contributed by atoms with Crippen molar-refractivity contribution in [3.05, 3.63) is 28.8 Å². The molecule has 1 saturated heterocycles. The second kappa shape index (κ2) is 12.8. The summed E-state index contributed by atoms with van der Waals surface area (Å²) in [5, 5.41) is 3.78. The Hall–Kier alpha value is -2.14. The molecule has 32 heavy (non-hydrogen) atoms. The Bertz CT molecular complexity index is 810. The van der Waals surface area contributed by atoms with Gasteiger partial charge in [-0.05, 0) is 37.0 Å². The summed E-state index contributed by atoms with van der Waals surface area (Å²) in [5.41, 5.74) is 0.807. The summed E-state index contributed by atoms with van der Waals surface area (Å²) >= 11 is 11.6. The van der Waals surface area contributed by atoms with Crippen molar-refractivity contribution in [3.8, 4) is 5.75 Å². The molecule has 1 fully saturated rings. The lowest BCUT2D eigenvalue weighted by atomic mass is 10.0. The molecule has 1 N–H and O–H groups in total. The van der Waals surface area contributed by atoms with Crippen LogP contribution in [0.1, 0.15) is 25.3 Å². The molecule has 178 valence electrons. The molecule has 0 bridgehead atoms. The third kappa shape index (κ3) is 8.09. The van der Waals surface area contributed by atoms with E-state index in [1.54, 1.807) is 18.2 Å². The number of methoxy groups -OCH3 is 1. The van der Waals surface area contributed by atoms with E-state index in [-0.39, 0.29) is 19.4 Å². The lowest BCUT2D eigenvalue weighted by molar-refractivity contribution is -0.204. The first-order valence-corrected chi connectivity index (χ1v) is 10.9. The lowest BCUT2D eigenvalue weighted by Crippen LogP contribution is -2.44. The topological polar surface area (TPSA) is 95.6 Å². The van der Waals surface area contributed by atoms with Crippen LogP contribution in [0.3, 0.4) is 0 Å². The van der Waals surface area contributed by atoms with Crippen LogP contribution in [0.2, 0.25) is 5.02 Å². The smallest absolute Gasteiger partial charge is 0.335 e. The normalized spacial score (nSPS) is 20.2. The molecule has 1 aromatic rings. The van der Waals surface area contributed by atoms with E-state index in [2.05, 4.69) is 5.32 Å². The lowest BCUT2D eigenvalue weighted by Gasteiger charge is -2.33. The largest absolute Gasteiger partial charge is 0.467 e. The zero-order valence-corrected chi connectivity index (χ0v) is 20.2. The molecule has 3 unspecified atom stereocenters. The summed E-state index contributed by atoms with van der Waals surface area (Å²) in [5.74, 6) is -0.651. The number of thiocarbonyl (C=S) groups is 1. The molecule has 0 aromatic heterocycles. The predicted molar refractivity (Wildman–Crippen MR) is 121 cm³/mol. The summed E-state index contributed by atoms with van der Waals surface area (Å²) < 4.78 is 27.2. The molecule has 1 aromatic carbocycles. The number of halogens is 1. The van der Waals surface area contributed by atoms with Crippen LogP contribution in [0.15, 0.2) is 18.2 Å². The molecule has 1 aliphatic rings. The van der Waals surface area contributed by atoms with Gasteiger partial charge in [0, 0.05) is 39.9 Å². The van der Waals surface area contributed by atoms with Crippen LogP contribution in [0.5, 0.6) is 5.75 Å². The van der Waals surface area contributed by atoms with Crippen LogP contribution in [-0.2, 0) is 35.1 Å². The van der Waals surface area contributed by atoms with Crippen LogP contribution < -0.4 is 10.1 Å². The third-order valence-corrected chi connectivity index (χ3v) is 5.40. The highest BCUT2D eigenvalue weighted by atomic mass is 35.5. The third-order valence-electron chi connectivity index (χ3n) is 4.67. The summed E-state index contributed by atoms with van der Waals surface area (Å²) in [7, 11) is 4.99. The second-order valence-electron chi connectivity index (χ2n) is 7.24. The van der Waals surface area contributed by atoms with Crippen molar-refractivity contribution in [2.75, 3.05) is 34.3 Å². The molecule has 0 saturated carbocycles. The van der Waals surface area contributed by atoms with Gasteiger partial charge in [0.15, 0.2) is 6.10 Å². The zero-order valence-electron chi connectivity index (χ0n) is 18.6. The van der Waals surface area contributed by atoms with Crippen LogP contribution in [-0.4, -0.2) is 74.8 Å². The van der Waals surface area contributed by atoms with Crippen LogP contribution in [0, 0.1) is 0 Å². The highest BCUT2D eigenvalue weighted by molar-refractivity contribution is 7.80. The number of esters is 2. The van der Waals surface area contributed by atoms with E-state index >= 15 is 0 Å². The average molecular weight is 489 g/mol. The molecule has 1 aliphatic heterocycles. The van der Waals surface area contributed by atoms with Crippen molar-refractivity contribution in [2.24, 2.45) is 0 Å². The molecule has 3 atom stereocenters. The highest BCUT2D eigenvalue weighted by Crippen LogP contribution is 2.31. The highest BCUT2D eigenvalue weighted by Gasteiger charge is 2.37. The van der Waals surface area contributed by atoms with Gasteiger partial charge in [-0.15, -0.1) is 0 Å². The van der Waals surface area contributed by atoms with E-state index in [0.29, 0.717) is 15.9 Å². The van der Waals surface area contributed by atoms with Crippen LogP contribution in [0.4, 0.5) is 0 Å². The number of ether oxygens (including phenoxy) is 5. The molecule has 0 radical (unpaired) electrons. The minimum Gasteiger partial charge on any atom is -0.467 e.